The normalized spacial score (nSPS) is 31.9. The first-order valence-corrected chi connectivity index (χ1v) is 7.13. The van der Waals surface area contributed by atoms with E-state index in [1.54, 1.807) is 0 Å². The molecule has 96 valence electrons. The van der Waals surface area contributed by atoms with Crippen molar-refractivity contribution < 1.29 is 0 Å². The highest BCUT2D eigenvalue weighted by Gasteiger charge is 2.41. The highest BCUT2D eigenvalue weighted by atomic mass is 15.3. The average molecular weight is 244 g/mol. The molecule has 3 aliphatic rings. The summed E-state index contributed by atoms with van der Waals surface area (Å²) >= 11 is 0. The van der Waals surface area contributed by atoms with Crippen LogP contribution in [0.25, 0.3) is 0 Å². The lowest BCUT2D eigenvalue weighted by Gasteiger charge is -2.21. The lowest BCUT2D eigenvalue weighted by molar-refractivity contribution is 0.303. The number of rotatable bonds is 3. The number of nitrogens with zero attached hydrogens (tertiary/aromatic N) is 4. The van der Waals surface area contributed by atoms with E-state index < -0.39 is 0 Å². The summed E-state index contributed by atoms with van der Waals surface area (Å²) in [6, 6.07) is 1.89. The van der Waals surface area contributed by atoms with Gasteiger partial charge in [-0.3, -0.25) is 0 Å². The average Bonchev–Trinajstić information content (AvgIpc) is 2.98. The van der Waals surface area contributed by atoms with Crippen LogP contribution in [0, 0.1) is 17.8 Å². The fourth-order valence-electron chi connectivity index (χ4n) is 3.52. The van der Waals surface area contributed by atoms with Crippen LogP contribution in [0.2, 0.25) is 0 Å². The molecule has 2 atom stereocenters. The van der Waals surface area contributed by atoms with Gasteiger partial charge in [0.2, 0.25) is 5.95 Å². The first kappa shape index (κ1) is 10.7. The quantitative estimate of drug-likeness (QED) is 0.801. The molecule has 2 saturated heterocycles. The van der Waals surface area contributed by atoms with Gasteiger partial charge in [-0.15, -0.1) is 0 Å². The minimum absolute atomic E-state index is 0.840. The molecule has 0 bridgehead atoms. The summed E-state index contributed by atoms with van der Waals surface area (Å²) in [5.74, 6) is 3.62. The fourth-order valence-corrected chi connectivity index (χ4v) is 3.52. The van der Waals surface area contributed by atoms with Crippen molar-refractivity contribution >= 4 is 5.95 Å². The van der Waals surface area contributed by atoms with E-state index in [1.165, 1.54) is 32.5 Å². The molecule has 4 nitrogen and oxygen atoms in total. The Kier molecular flexibility index (Phi) is 2.50. The molecule has 18 heavy (non-hydrogen) atoms. The van der Waals surface area contributed by atoms with Crippen molar-refractivity contribution in [1.29, 1.82) is 0 Å². The van der Waals surface area contributed by atoms with E-state index in [0.717, 1.165) is 36.8 Å². The Hall–Kier alpha value is -1.16. The number of hydrogen-bond acceptors (Lipinski definition) is 4. The smallest absolute Gasteiger partial charge is 0.225 e. The molecule has 3 heterocycles. The summed E-state index contributed by atoms with van der Waals surface area (Å²) in [6.45, 7) is 6.25. The Balaban J connectivity index is 1.38. The highest BCUT2D eigenvalue weighted by Crippen LogP contribution is 2.36. The first-order valence-electron chi connectivity index (χ1n) is 7.13. The fraction of sp³-hybridized carbons (Fsp3) is 0.714. The third-order valence-electron chi connectivity index (χ3n) is 4.61. The maximum Gasteiger partial charge on any atom is 0.225 e. The van der Waals surface area contributed by atoms with Gasteiger partial charge in [-0.25, -0.2) is 9.97 Å². The van der Waals surface area contributed by atoms with Crippen molar-refractivity contribution in [3.8, 4) is 0 Å². The standard InChI is InChI=1S/C14H20N4/c1-4-15-14(16-5-1)18-9-12-7-17(6-11-2-3-11)8-13(12)10-18/h1,4-5,11-13H,2-3,6-10H2/t12-,13-/m1/s1. The van der Waals surface area contributed by atoms with Gasteiger partial charge in [0, 0.05) is 45.1 Å². The number of aromatic nitrogens is 2. The molecule has 0 spiro atoms. The highest BCUT2D eigenvalue weighted by molar-refractivity contribution is 5.31. The summed E-state index contributed by atoms with van der Waals surface area (Å²) in [5.41, 5.74) is 0. The maximum atomic E-state index is 4.37. The lowest BCUT2D eigenvalue weighted by Crippen LogP contribution is -2.30. The Morgan fingerprint density at radius 1 is 1.00 bits per heavy atom. The zero-order valence-corrected chi connectivity index (χ0v) is 10.7. The Bertz CT molecular complexity index is 403. The van der Waals surface area contributed by atoms with Crippen molar-refractivity contribution in [1.82, 2.24) is 14.9 Å². The van der Waals surface area contributed by atoms with Crippen LogP contribution in [-0.2, 0) is 0 Å². The van der Waals surface area contributed by atoms with Gasteiger partial charge in [0.25, 0.3) is 0 Å². The molecule has 0 radical (unpaired) electrons. The molecule has 3 fully saturated rings. The van der Waals surface area contributed by atoms with Gasteiger partial charge in [0.05, 0.1) is 0 Å². The molecule has 1 aromatic rings. The monoisotopic (exact) mass is 244 g/mol. The van der Waals surface area contributed by atoms with E-state index in [2.05, 4.69) is 19.8 Å². The second-order valence-corrected chi connectivity index (χ2v) is 6.14. The van der Waals surface area contributed by atoms with E-state index >= 15 is 0 Å². The topological polar surface area (TPSA) is 32.3 Å². The van der Waals surface area contributed by atoms with Crippen molar-refractivity contribution in [2.24, 2.45) is 17.8 Å². The van der Waals surface area contributed by atoms with Crippen LogP contribution < -0.4 is 4.90 Å². The van der Waals surface area contributed by atoms with Crippen LogP contribution >= 0.6 is 0 Å². The summed E-state index contributed by atoms with van der Waals surface area (Å²) < 4.78 is 0. The van der Waals surface area contributed by atoms with E-state index in [1.807, 2.05) is 18.5 Å². The van der Waals surface area contributed by atoms with E-state index in [4.69, 9.17) is 0 Å². The Morgan fingerprint density at radius 3 is 2.28 bits per heavy atom. The molecule has 0 N–H and O–H groups in total. The predicted octanol–water partition coefficient (Wildman–Crippen LogP) is 1.25. The molecular formula is C14H20N4. The van der Waals surface area contributed by atoms with Crippen LogP contribution in [0.1, 0.15) is 12.8 Å². The zero-order chi connectivity index (χ0) is 11.9. The summed E-state index contributed by atoms with van der Waals surface area (Å²) in [4.78, 5) is 13.8. The lowest BCUT2D eigenvalue weighted by atomic mass is 10.0. The predicted molar refractivity (Wildman–Crippen MR) is 70.4 cm³/mol. The SMILES string of the molecule is c1cnc(N2C[C@H]3CN(CC4CC4)C[C@@H]3C2)nc1. The Morgan fingerprint density at radius 2 is 1.67 bits per heavy atom. The van der Waals surface area contributed by atoms with Crippen LogP contribution in [0.3, 0.4) is 0 Å². The molecule has 1 aliphatic carbocycles. The first-order chi connectivity index (χ1) is 8.88. The number of anilines is 1. The van der Waals surface area contributed by atoms with Crippen molar-refractivity contribution in [2.45, 2.75) is 12.8 Å². The van der Waals surface area contributed by atoms with Crippen LogP contribution in [0.5, 0.6) is 0 Å². The molecule has 4 rings (SSSR count). The second kappa shape index (κ2) is 4.19. The third-order valence-corrected chi connectivity index (χ3v) is 4.61. The molecule has 1 saturated carbocycles. The number of likely N-dealkylation sites (tertiary alicyclic amines) is 1. The number of hydrogen-bond donors (Lipinski definition) is 0. The van der Waals surface area contributed by atoms with Gasteiger partial charge in [0.1, 0.15) is 0 Å². The molecule has 0 unspecified atom stereocenters. The van der Waals surface area contributed by atoms with E-state index in [9.17, 15) is 0 Å². The summed E-state index contributed by atoms with van der Waals surface area (Å²) in [5, 5.41) is 0. The van der Waals surface area contributed by atoms with E-state index in [-0.39, 0.29) is 0 Å². The number of fused-ring (bicyclic) bond motifs is 1. The van der Waals surface area contributed by atoms with Crippen LogP contribution in [-0.4, -0.2) is 47.6 Å². The molecular weight excluding hydrogens is 224 g/mol. The largest absolute Gasteiger partial charge is 0.340 e. The Labute approximate surface area is 108 Å². The maximum absolute atomic E-state index is 4.37. The minimum atomic E-state index is 0.840. The molecule has 2 aliphatic heterocycles. The third kappa shape index (κ3) is 1.99. The van der Waals surface area contributed by atoms with Crippen molar-refractivity contribution in [2.75, 3.05) is 37.6 Å². The summed E-state index contributed by atoms with van der Waals surface area (Å²) in [7, 11) is 0. The van der Waals surface area contributed by atoms with Crippen LogP contribution in [0.15, 0.2) is 18.5 Å². The van der Waals surface area contributed by atoms with Gasteiger partial charge in [-0.05, 0) is 36.7 Å². The van der Waals surface area contributed by atoms with E-state index in [0.29, 0.717) is 0 Å². The minimum Gasteiger partial charge on any atom is -0.340 e. The van der Waals surface area contributed by atoms with Gasteiger partial charge in [-0.2, -0.15) is 0 Å². The second-order valence-electron chi connectivity index (χ2n) is 6.14. The van der Waals surface area contributed by atoms with Crippen molar-refractivity contribution in [3.05, 3.63) is 18.5 Å². The van der Waals surface area contributed by atoms with Gasteiger partial charge >= 0.3 is 0 Å². The summed E-state index contributed by atoms with van der Waals surface area (Å²) in [6.07, 6.45) is 6.62. The van der Waals surface area contributed by atoms with Crippen LogP contribution in [0.4, 0.5) is 5.95 Å². The van der Waals surface area contributed by atoms with Gasteiger partial charge in [0.15, 0.2) is 0 Å². The zero-order valence-electron chi connectivity index (χ0n) is 10.7. The molecule has 4 heteroatoms. The van der Waals surface area contributed by atoms with Gasteiger partial charge in [-0.1, -0.05) is 0 Å². The van der Waals surface area contributed by atoms with Crippen molar-refractivity contribution in [3.63, 3.8) is 0 Å². The van der Waals surface area contributed by atoms with Gasteiger partial charge < -0.3 is 9.80 Å². The molecule has 0 aromatic carbocycles. The molecule has 0 amide bonds. The molecule has 1 aromatic heterocycles.